The van der Waals surface area contributed by atoms with Gasteiger partial charge in [-0.05, 0) is 17.6 Å². The van der Waals surface area contributed by atoms with Gasteiger partial charge in [-0.2, -0.15) is 0 Å². The molecule has 0 heterocycles. The molecule has 1 rings (SSSR count). The average molecular weight is 304 g/mol. The van der Waals surface area contributed by atoms with E-state index in [4.69, 9.17) is 0 Å². The van der Waals surface area contributed by atoms with Gasteiger partial charge in [0.25, 0.3) is 0 Å². The summed E-state index contributed by atoms with van der Waals surface area (Å²) in [4.78, 5) is 0. The fraction of sp³-hybridized carbons (Fsp3) is 0.273. The van der Waals surface area contributed by atoms with Crippen LogP contribution in [0.25, 0.3) is 5.57 Å². The number of hydrogen-bond acceptors (Lipinski definition) is 0. The van der Waals surface area contributed by atoms with Crippen LogP contribution in [0.3, 0.4) is 0 Å². The summed E-state index contributed by atoms with van der Waals surface area (Å²) < 4.78 is 0. The Morgan fingerprint density at radius 1 is 1.15 bits per heavy atom. The van der Waals surface area contributed by atoms with E-state index in [0.29, 0.717) is 0 Å². The molecule has 0 saturated heterocycles. The average Bonchev–Trinajstić information content (AvgIpc) is 2.21. The standard InChI is InChI=1S/C11H12Br2/c12-8-4-7-11(9-13)10-5-2-1-3-6-10/h1-3,5-7H,4,8-9H2/b11-7+. The summed E-state index contributed by atoms with van der Waals surface area (Å²) in [6.07, 6.45) is 3.34. The van der Waals surface area contributed by atoms with Crippen molar-refractivity contribution in [3.63, 3.8) is 0 Å². The molecule has 0 saturated carbocycles. The second-order valence-corrected chi connectivity index (χ2v) is 4.06. The zero-order chi connectivity index (χ0) is 9.52. The van der Waals surface area contributed by atoms with Gasteiger partial charge in [0.2, 0.25) is 0 Å². The van der Waals surface area contributed by atoms with Crippen molar-refractivity contribution in [1.82, 2.24) is 0 Å². The lowest BCUT2D eigenvalue weighted by Gasteiger charge is -2.02. The van der Waals surface area contributed by atoms with E-state index in [-0.39, 0.29) is 0 Å². The molecule has 0 aliphatic carbocycles. The first-order chi connectivity index (χ1) is 6.38. The van der Waals surface area contributed by atoms with E-state index in [0.717, 1.165) is 17.1 Å². The summed E-state index contributed by atoms with van der Waals surface area (Å²) in [5.41, 5.74) is 2.67. The lowest BCUT2D eigenvalue weighted by atomic mass is 10.1. The molecule has 0 radical (unpaired) electrons. The van der Waals surface area contributed by atoms with E-state index in [1.807, 2.05) is 6.07 Å². The van der Waals surface area contributed by atoms with Gasteiger partial charge in [0.05, 0.1) is 0 Å². The first-order valence-electron chi connectivity index (χ1n) is 4.25. The van der Waals surface area contributed by atoms with Crippen LogP contribution in [0.15, 0.2) is 36.4 Å². The number of hydrogen-bond donors (Lipinski definition) is 0. The maximum absolute atomic E-state index is 3.50. The SMILES string of the molecule is BrCC/C=C(\CBr)c1ccccc1. The number of allylic oxidation sites excluding steroid dienone is 2. The predicted octanol–water partition coefficient (Wildman–Crippen LogP) is 4.25. The fourth-order valence-corrected chi connectivity index (χ4v) is 1.91. The Balaban J connectivity index is 2.78. The quantitative estimate of drug-likeness (QED) is 0.730. The van der Waals surface area contributed by atoms with Crippen LogP contribution >= 0.6 is 31.9 Å². The molecule has 0 spiro atoms. The first-order valence-corrected chi connectivity index (χ1v) is 6.49. The molecule has 1 aromatic rings. The van der Waals surface area contributed by atoms with Crippen molar-refractivity contribution in [2.24, 2.45) is 0 Å². The molecule has 0 atom stereocenters. The smallest absolute Gasteiger partial charge is 0.0285 e. The summed E-state index contributed by atoms with van der Waals surface area (Å²) in [5.74, 6) is 0. The van der Waals surface area contributed by atoms with E-state index >= 15 is 0 Å². The normalized spacial score (nSPS) is 11.7. The first kappa shape index (κ1) is 11.0. The summed E-state index contributed by atoms with van der Waals surface area (Å²) in [6, 6.07) is 10.5. The molecule has 0 fully saturated rings. The van der Waals surface area contributed by atoms with Crippen molar-refractivity contribution >= 4 is 37.4 Å². The largest absolute Gasteiger partial charge is 0.0925 e. The van der Waals surface area contributed by atoms with Crippen molar-refractivity contribution in [3.05, 3.63) is 42.0 Å². The van der Waals surface area contributed by atoms with E-state index in [1.165, 1.54) is 11.1 Å². The van der Waals surface area contributed by atoms with Crippen molar-refractivity contribution in [3.8, 4) is 0 Å². The highest BCUT2D eigenvalue weighted by molar-refractivity contribution is 9.09. The monoisotopic (exact) mass is 302 g/mol. The Labute approximate surface area is 96.3 Å². The van der Waals surface area contributed by atoms with E-state index in [2.05, 4.69) is 62.2 Å². The molecule has 0 aliphatic rings. The summed E-state index contributed by atoms with van der Waals surface area (Å²) in [5, 5.41) is 1.94. The lowest BCUT2D eigenvalue weighted by molar-refractivity contribution is 1.26. The zero-order valence-electron chi connectivity index (χ0n) is 7.34. The van der Waals surface area contributed by atoms with Crippen LogP contribution in [0.1, 0.15) is 12.0 Å². The van der Waals surface area contributed by atoms with Crippen LogP contribution in [-0.4, -0.2) is 10.7 Å². The number of rotatable bonds is 4. The molecule has 0 N–H and O–H groups in total. The van der Waals surface area contributed by atoms with Gasteiger partial charge < -0.3 is 0 Å². The van der Waals surface area contributed by atoms with E-state index in [9.17, 15) is 0 Å². The van der Waals surface area contributed by atoms with Gasteiger partial charge in [-0.15, -0.1) is 0 Å². The molecule has 0 unspecified atom stereocenters. The number of alkyl halides is 2. The second-order valence-electron chi connectivity index (χ2n) is 2.71. The molecule has 0 aliphatic heterocycles. The molecule has 70 valence electrons. The Bertz CT molecular complexity index is 265. The Hall–Kier alpha value is -0.0800. The van der Waals surface area contributed by atoms with Crippen LogP contribution < -0.4 is 0 Å². The van der Waals surface area contributed by atoms with Gasteiger partial charge in [0, 0.05) is 10.7 Å². The fourth-order valence-electron chi connectivity index (χ4n) is 1.13. The third-order valence-electron chi connectivity index (χ3n) is 1.79. The van der Waals surface area contributed by atoms with Gasteiger partial charge in [-0.25, -0.2) is 0 Å². The van der Waals surface area contributed by atoms with Crippen LogP contribution in [0, 0.1) is 0 Å². The molecule has 13 heavy (non-hydrogen) atoms. The Morgan fingerprint density at radius 3 is 2.38 bits per heavy atom. The molecular weight excluding hydrogens is 292 g/mol. The Kier molecular flexibility index (Phi) is 5.40. The van der Waals surface area contributed by atoms with Gasteiger partial charge in [0.15, 0.2) is 0 Å². The third-order valence-corrected chi connectivity index (χ3v) is 2.85. The van der Waals surface area contributed by atoms with Gasteiger partial charge in [-0.1, -0.05) is 68.3 Å². The topological polar surface area (TPSA) is 0 Å². The van der Waals surface area contributed by atoms with E-state index in [1.54, 1.807) is 0 Å². The molecule has 2 heteroatoms. The highest BCUT2D eigenvalue weighted by Gasteiger charge is 1.97. The summed E-state index contributed by atoms with van der Waals surface area (Å²) >= 11 is 6.92. The molecule has 0 nitrogen and oxygen atoms in total. The van der Waals surface area contributed by atoms with Gasteiger partial charge in [0.1, 0.15) is 0 Å². The van der Waals surface area contributed by atoms with Crippen LogP contribution in [0.2, 0.25) is 0 Å². The molecule has 0 bridgehead atoms. The van der Waals surface area contributed by atoms with Crippen LogP contribution in [-0.2, 0) is 0 Å². The highest BCUT2D eigenvalue weighted by atomic mass is 79.9. The minimum atomic E-state index is 0.921. The minimum absolute atomic E-state index is 0.921. The third kappa shape index (κ3) is 3.65. The Morgan fingerprint density at radius 2 is 1.85 bits per heavy atom. The summed E-state index contributed by atoms with van der Waals surface area (Å²) in [6.45, 7) is 0. The number of benzene rings is 1. The van der Waals surface area contributed by atoms with Gasteiger partial charge >= 0.3 is 0 Å². The predicted molar refractivity (Wildman–Crippen MR) is 66.6 cm³/mol. The minimum Gasteiger partial charge on any atom is -0.0925 e. The summed E-state index contributed by atoms with van der Waals surface area (Å²) in [7, 11) is 0. The lowest BCUT2D eigenvalue weighted by Crippen LogP contribution is -1.85. The maximum Gasteiger partial charge on any atom is 0.0285 e. The molecule has 0 amide bonds. The van der Waals surface area contributed by atoms with Crippen molar-refractivity contribution < 1.29 is 0 Å². The maximum atomic E-state index is 3.50. The van der Waals surface area contributed by atoms with Gasteiger partial charge in [-0.3, -0.25) is 0 Å². The second kappa shape index (κ2) is 6.39. The molecular formula is C11H12Br2. The van der Waals surface area contributed by atoms with Crippen LogP contribution in [0.4, 0.5) is 0 Å². The molecule has 1 aromatic carbocycles. The van der Waals surface area contributed by atoms with Crippen molar-refractivity contribution in [2.75, 3.05) is 10.7 Å². The van der Waals surface area contributed by atoms with E-state index < -0.39 is 0 Å². The number of halogens is 2. The zero-order valence-corrected chi connectivity index (χ0v) is 10.5. The van der Waals surface area contributed by atoms with Crippen LogP contribution in [0.5, 0.6) is 0 Å². The van der Waals surface area contributed by atoms with Crippen molar-refractivity contribution in [2.45, 2.75) is 6.42 Å². The van der Waals surface area contributed by atoms with Crippen molar-refractivity contribution in [1.29, 1.82) is 0 Å². The highest BCUT2D eigenvalue weighted by Crippen LogP contribution is 2.17. The molecule has 0 aromatic heterocycles.